The summed E-state index contributed by atoms with van der Waals surface area (Å²) in [6.07, 6.45) is 0. The van der Waals surface area contributed by atoms with Crippen LogP contribution in [0.4, 0.5) is 4.39 Å². The van der Waals surface area contributed by atoms with Crippen molar-refractivity contribution in [3.05, 3.63) is 53.1 Å². The minimum absolute atomic E-state index is 0.166. The van der Waals surface area contributed by atoms with Crippen LogP contribution >= 0.6 is 23.2 Å². The Morgan fingerprint density at radius 2 is 2.10 bits per heavy atom. The van der Waals surface area contributed by atoms with Crippen LogP contribution in [0.1, 0.15) is 5.82 Å². The fourth-order valence-corrected chi connectivity index (χ4v) is 2.65. The molecule has 108 valence electrons. The van der Waals surface area contributed by atoms with Crippen molar-refractivity contribution >= 4 is 34.2 Å². The van der Waals surface area contributed by atoms with Gasteiger partial charge in [0, 0.05) is 6.07 Å². The highest BCUT2D eigenvalue weighted by Crippen LogP contribution is 2.30. The average Bonchev–Trinajstić information content (AvgIpc) is 2.88. The normalized spacial score (nSPS) is 11.0. The third-order valence-electron chi connectivity index (χ3n) is 3.22. The number of benzene rings is 2. The molecule has 0 N–H and O–H groups in total. The van der Waals surface area contributed by atoms with Crippen molar-refractivity contribution in [1.29, 1.82) is 0 Å². The first-order chi connectivity index (χ1) is 10.2. The molecular weight excluding hydrogens is 314 g/mol. The Bertz CT molecular complexity index is 817. The molecule has 0 aliphatic rings. The van der Waals surface area contributed by atoms with E-state index < -0.39 is 0 Å². The van der Waals surface area contributed by atoms with Crippen LogP contribution in [-0.2, 0) is 5.88 Å². The van der Waals surface area contributed by atoms with Crippen molar-refractivity contribution in [2.75, 3.05) is 7.11 Å². The first-order valence-corrected chi connectivity index (χ1v) is 7.12. The molecule has 0 atom stereocenters. The van der Waals surface area contributed by atoms with E-state index in [2.05, 4.69) is 4.98 Å². The molecule has 0 bridgehead atoms. The maximum Gasteiger partial charge on any atom is 0.151 e. The number of rotatable bonds is 3. The first-order valence-electron chi connectivity index (χ1n) is 6.21. The van der Waals surface area contributed by atoms with E-state index in [-0.39, 0.29) is 11.7 Å². The van der Waals surface area contributed by atoms with Crippen LogP contribution in [0.15, 0.2) is 36.4 Å². The predicted octanol–water partition coefficient (Wildman–Crippen LogP) is 4.57. The van der Waals surface area contributed by atoms with Crippen molar-refractivity contribution in [2.45, 2.75) is 5.88 Å². The lowest BCUT2D eigenvalue weighted by Gasteiger charge is -2.10. The number of aromatic nitrogens is 2. The van der Waals surface area contributed by atoms with E-state index in [0.717, 1.165) is 5.69 Å². The van der Waals surface area contributed by atoms with Gasteiger partial charge in [0.1, 0.15) is 17.1 Å². The molecule has 0 spiro atoms. The molecule has 0 aliphatic carbocycles. The van der Waals surface area contributed by atoms with Crippen molar-refractivity contribution in [2.24, 2.45) is 0 Å². The number of nitrogens with zero attached hydrogens (tertiary/aromatic N) is 2. The van der Waals surface area contributed by atoms with Crippen molar-refractivity contribution < 1.29 is 9.13 Å². The lowest BCUT2D eigenvalue weighted by atomic mass is 10.2. The van der Waals surface area contributed by atoms with Gasteiger partial charge in [-0.25, -0.2) is 9.37 Å². The molecule has 0 fully saturated rings. The second-order valence-corrected chi connectivity index (χ2v) is 5.10. The summed E-state index contributed by atoms with van der Waals surface area (Å²) in [6.45, 7) is 0. The lowest BCUT2D eigenvalue weighted by molar-refractivity contribution is 0.415. The summed E-state index contributed by atoms with van der Waals surface area (Å²) < 4.78 is 20.9. The van der Waals surface area contributed by atoms with Gasteiger partial charge < -0.3 is 4.74 Å². The SMILES string of the molecule is COc1cc(-n2c(CCl)nc3c(F)cccc32)ccc1Cl. The summed E-state index contributed by atoms with van der Waals surface area (Å²) in [5, 5.41) is 0.504. The number of imidazole rings is 1. The lowest BCUT2D eigenvalue weighted by Crippen LogP contribution is -2.00. The fourth-order valence-electron chi connectivity index (χ4n) is 2.28. The Balaban J connectivity index is 2.31. The number of hydrogen-bond acceptors (Lipinski definition) is 2. The Morgan fingerprint density at radius 3 is 2.81 bits per heavy atom. The molecular formula is C15H11Cl2FN2O. The molecule has 0 aliphatic heterocycles. The number of hydrogen-bond donors (Lipinski definition) is 0. The standard InChI is InChI=1S/C15H11Cl2FN2O/c1-21-13-7-9(5-6-10(13)17)20-12-4-2-3-11(18)15(12)19-14(20)8-16/h2-7H,8H2,1H3. The molecule has 2 aromatic carbocycles. The zero-order valence-electron chi connectivity index (χ0n) is 11.1. The van der Waals surface area contributed by atoms with Crippen LogP contribution in [0.3, 0.4) is 0 Å². The fraction of sp³-hybridized carbons (Fsp3) is 0.133. The van der Waals surface area contributed by atoms with Gasteiger partial charge in [0.05, 0.1) is 29.2 Å². The molecule has 0 saturated carbocycles. The summed E-state index contributed by atoms with van der Waals surface area (Å²) in [5.74, 6) is 0.881. The van der Waals surface area contributed by atoms with Crippen molar-refractivity contribution in [1.82, 2.24) is 9.55 Å². The number of methoxy groups -OCH3 is 1. The number of ether oxygens (including phenoxy) is 1. The maximum atomic E-state index is 13.9. The van der Waals surface area contributed by atoms with Crippen LogP contribution in [0, 0.1) is 5.82 Å². The molecule has 6 heteroatoms. The predicted molar refractivity (Wildman–Crippen MR) is 82.1 cm³/mol. The van der Waals surface area contributed by atoms with Gasteiger partial charge in [-0.05, 0) is 24.3 Å². The van der Waals surface area contributed by atoms with E-state index in [0.29, 0.717) is 27.6 Å². The van der Waals surface area contributed by atoms with Crippen LogP contribution in [-0.4, -0.2) is 16.7 Å². The number of alkyl halides is 1. The van der Waals surface area contributed by atoms with E-state index in [1.807, 2.05) is 6.07 Å². The van der Waals surface area contributed by atoms with E-state index >= 15 is 0 Å². The quantitative estimate of drug-likeness (QED) is 0.660. The van der Waals surface area contributed by atoms with Gasteiger partial charge in [-0.2, -0.15) is 0 Å². The van der Waals surface area contributed by atoms with E-state index in [4.69, 9.17) is 27.9 Å². The van der Waals surface area contributed by atoms with Crippen molar-refractivity contribution in [3.8, 4) is 11.4 Å². The summed E-state index contributed by atoms with van der Waals surface area (Å²) in [5.41, 5.74) is 1.71. The highest BCUT2D eigenvalue weighted by atomic mass is 35.5. The molecule has 0 saturated heterocycles. The summed E-state index contributed by atoms with van der Waals surface area (Å²) in [4.78, 5) is 4.27. The minimum Gasteiger partial charge on any atom is -0.495 e. The Hall–Kier alpha value is -1.78. The largest absolute Gasteiger partial charge is 0.495 e. The zero-order chi connectivity index (χ0) is 15.0. The smallest absolute Gasteiger partial charge is 0.151 e. The minimum atomic E-state index is -0.376. The van der Waals surface area contributed by atoms with Gasteiger partial charge in [0.15, 0.2) is 5.82 Å². The van der Waals surface area contributed by atoms with E-state index in [1.54, 1.807) is 35.9 Å². The van der Waals surface area contributed by atoms with Crippen molar-refractivity contribution in [3.63, 3.8) is 0 Å². The zero-order valence-corrected chi connectivity index (χ0v) is 12.6. The van der Waals surface area contributed by atoms with Gasteiger partial charge in [-0.15, -0.1) is 11.6 Å². The molecule has 1 aromatic heterocycles. The summed E-state index contributed by atoms with van der Waals surface area (Å²) >= 11 is 12.0. The van der Waals surface area contributed by atoms with Crippen LogP contribution in [0.5, 0.6) is 5.75 Å². The molecule has 3 nitrogen and oxygen atoms in total. The van der Waals surface area contributed by atoms with E-state index in [1.165, 1.54) is 6.07 Å². The third kappa shape index (κ3) is 2.34. The molecule has 1 heterocycles. The Kier molecular flexibility index (Phi) is 3.74. The Morgan fingerprint density at radius 1 is 1.29 bits per heavy atom. The average molecular weight is 325 g/mol. The highest BCUT2D eigenvalue weighted by Gasteiger charge is 2.15. The summed E-state index contributed by atoms with van der Waals surface area (Å²) in [7, 11) is 1.54. The molecule has 0 amide bonds. The third-order valence-corrected chi connectivity index (χ3v) is 3.77. The topological polar surface area (TPSA) is 27.1 Å². The highest BCUT2D eigenvalue weighted by molar-refractivity contribution is 6.32. The van der Waals surface area contributed by atoms with Crippen LogP contribution in [0.2, 0.25) is 5.02 Å². The van der Waals surface area contributed by atoms with Crippen LogP contribution < -0.4 is 4.74 Å². The monoisotopic (exact) mass is 324 g/mol. The van der Waals surface area contributed by atoms with Crippen LogP contribution in [0.25, 0.3) is 16.7 Å². The van der Waals surface area contributed by atoms with Gasteiger partial charge in [0.2, 0.25) is 0 Å². The molecule has 0 unspecified atom stereocenters. The number of halogens is 3. The molecule has 0 radical (unpaired) electrons. The number of fused-ring (bicyclic) bond motifs is 1. The van der Waals surface area contributed by atoms with E-state index in [9.17, 15) is 4.39 Å². The first kappa shape index (κ1) is 14.2. The summed E-state index contributed by atoms with van der Waals surface area (Å²) in [6, 6.07) is 10.1. The molecule has 3 rings (SSSR count). The Labute approximate surface area is 130 Å². The maximum absolute atomic E-state index is 13.9. The number of para-hydroxylation sites is 1. The second kappa shape index (κ2) is 5.54. The van der Waals surface area contributed by atoms with Gasteiger partial charge in [-0.1, -0.05) is 17.7 Å². The second-order valence-electron chi connectivity index (χ2n) is 4.42. The molecule has 3 aromatic rings. The van der Waals surface area contributed by atoms with Gasteiger partial charge >= 0.3 is 0 Å². The van der Waals surface area contributed by atoms with Gasteiger partial charge in [0.25, 0.3) is 0 Å². The van der Waals surface area contributed by atoms with Gasteiger partial charge in [-0.3, -0.25) is 4.57 Å². The molecule has 21 heavy (non-hydrogen) atoms.